The number of rotatable bonds is 13. The van der Waals surface area contributed by atoms with Crippen LogP contribution >= 0.6 is 0 Å². The summed E-state index contributed by atoms with van der Waals surface area (Å²) >= 11 is 0. The molecule has 0 heterocycles. The quantitative estimate of drug-likeness (QED) is 0.588. The maximum atomic E-state index is 10.3. The number of methoxy groups -OCH3 is 2. The Labute approximate surface area is 152 Å². The fraction of sp³-hybridized carbons (Fsp3) is 0.700. The Kier molecular flexibility index (Phi) is 10.5. The number of hydrogen-bond acceptors (Lipinski definition) is 5. The second kappa shape index (κ2) is 12.1. The minimum atomic E-state index is -0.481. The van der Waals surface area contributed by atoms with Crippen molar-refractivity contribution >= 4 is 0 Å². The van der Waals surface area contributed by atoms with Gasteiger partial charge in [0, 0.05) is 12.6 Å². The maximum absolute atomic E-state index is 10.3. The summed E-state index contributed by atoms with van der Waals surface area (Å²) in [4.78, 5) is 2.36. The average Bonchev–Trinajstić information content (AvgIpc) is 2.64. The summed E-state index contributed by atoms with van der Waals surface area (Å²) in [6.07, 6.45) is 2.93. The lowest BCUT2D eigenvalue weighted by molar-refractivity contribution is 0.00297. The van der Waals surface area contributed by atoms with E-state index in [-0.39, 0.29) is 0 Å². The van der Waals surface area contributed by atoms with Crippen molar-refractivity contribution in [2.75, 3.05) is 33.9 Å². The lowest BCUT2D eigenvalue weighted by Crippen LogP contribution is -2.40. The van der Waals surface area contributed by atoms with Crippen molar-refractivity contribution in [2.45, 2.75) is 58.8 Å². The Hall–Kier alpha value is -1.30. The van der Waals surface area contributed by atoms with E-state index in [2.05, 4.69) is 25.7 Å². The molecule has 25 heavy (non-hydrogen) atoms. The topological polar surface area (TPSA) is 51.2 Å². The van der Waals surface area contributed by atoms with E-state index in [1.54, 1.807) is 14.2 Å². The first kappa shape index (κ1) is 21.7. The van der Waals surface area contributed by atoms with Gasteiger partial charge < -0.3 is 19.3 Å². The third-order valence-corrected chi connectivity index (χ3v) is 4.49. The van der Waals surface area contributed by atoms with Crippen molar-refractivity contribution in [3.63, 3.8) is 0 Å². The van der Waals surface area contributed by atoms with Crippen molar-refractivity contribution in [3.8, 4) is 11.5 Å². The smallest absolute Gasteiger partial charge is 0.161 e. The predicted octanol–water partition coefficient (Wildman–Crippen LogP) is 3.48. The van der Waals surface area contributed by atoms with Crippen LogP contribution in [0.3, 0.4) is 0 Å². The third-order valence-electron chi connectivity index (χ3n) is 4.49. The van der Waals surface area contributed by atoms with Crippen LogP contribution in [0.15, 0.2) is 18.2 Å². The summed E-state index contributed by atoms with van der Waals surface area (Å²) in [5, 5.41) is 10.3. The van der Waals surface area contributed by atoms with Crippen LogP contribution in [0.5, 0.6) is 11.5 Å². The first-order valence-corrected chi connectivity index (χ1v) is 9.26. The second-order valence-electron chi connectivity index (χ2n) is 6.46. The van der Waals surface area contributed by atoms with Gasteiger partial charge >= 0.3 is 0 Å². The average molecular weight is 354 g/mol. The monoisotopic (exact) mass is 353 g/mol. The van der Waals surface area contributed by atoms with Crippen molar-refractivity contribution < 1.29 is 19.3 Å². The van der Waals surface area contributed by atoms with Gasteiger partial charge in [-0.1, -0.05) is 26.3 Å². The van der Waals surface area contributed by atoms with Gasteiger partial charge in [0.05, 0.1) is 33.5 Å². The first-order chi connectivity index (χ1) is 12.0. The van der Waals surface area contributed by atoms with Crippen molar-refractivity contribution in [1.82, 2.24) is 4.90 Å². The molecule has 0 radical (unpaired) electrons. The molecule has 0 aliphatic carbocycles. The Balaban J connectivity index is 2.46. The molecule has 0 unspecified atom stereocenters. The van der Waals surface area contributed by atoms with Gasteiger partial charge in [-0.05, 0) is 44.0 Å². The molecule has 0 bridgehead atoms. The summed E-state index contributed by atoms with van der Waals surface area (Å²) in [6.45, 7) is 9.04. The highest BCUT2D eigenvalue weighted by atomic mass is 16.5. The lowest BCUT2D eigenvalue weighted by atomic mass is 10.1. The molecule has 2 atom stereocenters. The van der Waals surface area contributed by atoms with Crippen molar-refractivity contribution in [3.05, 3.63) is 23.8 Å². The Morgan fingerprint density at radius 3 is 2.44 bits per heavy atom. The molecule has 1 N–H and O–H groups in total. The number of hydrogen-bond donors (Lipinski definition) is 1. The van der Waals surface area contributed by atoms with E-state index in [1.807, 2.05) is 18.2 Å². The zero-order chi connectivity index (χ0) is 18.7. The SMILES string of the molecule is CCCCN(C[C@H](O)COCc1ccc(OC)c(OC)c1)[C@H](C)CC. The van der Waals surface area contributed by atoms with Crippen LogP contribution < -0.4 is 9.47 Å². The fourth-order valence-electron chi connectivity index (χ4n) is 2.72. The molecular weight excluding hydrogens is 318 g/mol. The number of unbranched alkanes of at least 4 members (excludes halogenated alkanes) is 1. The second-order valence-corrected chi connectivity index (χ2v) is 6.46. The number of ether oxygens (including phenoxy) is 3. The lowest BCUT2D eigenvalue weighted by Gasteiger charge is -2.30. The molecule has 1 rings (SSSR count). The molecular formula is C20H35NO4. The molecule has 144 valence electrons. The first-order valence-electron chi connectivity index (χ1n) is 9.26. The largest absolute Gasteiger partial charge is 0.493 e. The Bertz CT molecular complexity index is 481. The minimum absolute atomic E-state index is 0.327. The summed E-state index contributed by atoms with van der Waals surface area (Å²) in [6, 6.07) is 6.19. The molecule has 0 aromatic heterocycles. The molecule has 0 amide bonds. The van der Waals surface area contributed by atoms with E-state index in [9.17, 15) is 5.11 Å². The van der Waals surface area contributed by atoms with Crippen LogP contribution in [0.4, 0.5) is 0 Å². The normalized spacial score (nSPS) is 13.7. The minimum Gasteiger partial charge on any atom is -0.493 e. The molecule has 5 heteroatoms. The predicted molar refractivity (Wildman–Crippen MR) is 101 cm³/mol. The Morgan fingerprint density at radius 1 is 1.12 bits per heavy atom. The molecule has 0 aliphatic rings. The molecule has 0 spiro atoms. The molecule has 0 fully saturated rings. The van der Waals surface area contributed by atoms with E-state index >= 15 is 0 Å². The highest BCUT2D eigenvalue weighted by Gasteiger charge is 2.16. The molecule has 0 aliphatic heterocycles. The van der Waals surface area contributed by atoms with Crippen LogP contribution in [0.25, 0.3) is 0 Å². The number of nitrogens with zero attached hydrogens (tertiary/aromatic N) is 1. The highest BCUT2D eigenvalue weighted by molar-refractivity contribution is 5.42. The number of benzene rings is 1. The third kappa shape index (κ3) is 7.63. The van der Waals surface area contributed by atoms with Crippen molar-refractivity contribution in [1.29, 1.82) is 0 Å². The summed E-state index contributed by atoms with van der Waals surface area (Å²) in [7, 11) is 3.23. The standard InChI is InChI=1S/C20H35NO4/c1-6-8-11-21(16(3)7-2)13-18(22)15-25-14-17-9-10-19(23-4)20(12-17)24-5/h9-10,12,16,18,22H,6-8,11,13-15H2,1-5H3/t16-,18+/m1/s1. The van der Waals surface area contributed by atoms with Crippen LogP contribution in [-0.4, -0.2) is 56.1 Å². The summed E-state index contributed by atoms with van der Waals surface area (Å²) < 4.78 is 16.2. The summed E-state index contributed by atoms with van der Waals surface area (Å²) in [5.74, 6) is 1.39. The van der Waals surface area contributed by atoms with E-state index in [0.29, 0.717) is 37.3 Å². The van der Waals surface area contributed by atoms with Crippen LogP contribution in [-0.2, 0) is 11.3 Å². The van der Waals surface area contributed by atoms with Gasteiger partial charge in [-0.25, -0.2) is 0 Å². The fourth-order valence-corrected chi connectivity index (χ4v) is 2.72. The van der Waals surface area contributed by atoms with Gasteiger partial charge in [-0.15, -0.1) is 0 Å². The highest BCUT2D eigenvalue weighted by Crippen LogP contribution is 2.27. The summed E-state index contributed by atoms with van der Waals surface area (Å²) in [5.41, 5.74) is 0.995. The van der Waals surface area contributed by atoms with E-state index in [4.69, 9.17) is 14.2 Å². The molecule has 5 nitrogen and oxygen atoms in total. The number of aliphatic hydroxyl groups excluding tert-OH is 1. The Morgan fingerprint density at radius 2 is 1.84 bits per heavy atom. The zero-order valence-corrected chi connectivity index (χ0v) is 16.5. The van der Waals surface area contributed by atoms with Gasteiger partial charge in [-0.2, -0.15) is 0 Å². The van der Waals surface area contributed by atoms with Crippen LogP contribution in [0.1, 0.15) is 45.6 Å². The molecule has 0 saturated heterocycles. The van der Waals surface area contributed by atoms with E-state index in [0.717, 1.165) is 24.9 Å². The van der Waals surface area contributed by atoms with Gasteiger partial charge in [0.25, 0.3) is 0 Å². The molecule has 0 saturated carbocycles. The zero-order valence-electron chi connectivity index (χ0n) is 16.5. The van der Waals surface area contributed by atoms with Gasteiger partial charge in [0.1, 0.15) is 0 Å². The molecule has 1 aromatic carbocycles. The van der Waals surface area contributed by atoms with Crippen LogP contribution in [0.2, 0.25) is 0 Å². The van der Waals surface area contributed by atoms with Crippen LogP contribution in [0, 0.1) is 0 Å². The maximum Gasteiger partial charge on any atom is 0.161 e. The van der Waals surface area contributed by atoms with Gasteiger partial charge in [0.15, 0.2) is 11.5 Å². The van der Waals surface area contributed by atoms with E-state index in [1.165, 1.54) is 6.42 Å². The van der Waals surface area contributed by atoms with Crippen molar-refractivity contribution in [2.24, 2.45) is 0 Å². The van der Waals surface area contributed by atoms with Gasteiger partial charge in [-0.3, -0.25) is 4.90 Å². The van der Waals surface area contributed by atoms with Gasteiger partial charge in [0.2, 0.25) is 0 Å². The van der Waals surface area contributed by atoms with E-state index < -0.39 is 6.10 Å². The number of aliphatic hydroxyl groups is 1. The molecule has 1 aromatic rings.